The average molecular weight is 215 g/mol. The van der Waals surface area contributed by atoms with Crippen LogP contribution in [0.2, 0.25) is 0 Å². The summed E-state index contributed by atoms with van der Waals surface area (Å²) in [5, 5.41) is 8.78. The molecule has 0 amide bonds. The van der Waals surface area contributed by atoms with Crippen LogP contribution in [0, 0.1) is 17.2 Å². The monoisotopic (exact) mass is 215 g/mol. The molecular formula is C13H17N3. The Hall–Kier alpha value is -1.40. The number of nitrogens with zero attached hydrogens (tertiary/aromatic N) is 3. The number of hydrogen-bond donors (Lipinski definition) is 0. The molecule has 1 aromatic heterocycles. The molecule has 3 heteroatoms. The number of pyridine rings is 1. The third kappa shape index (κ3) is 2.80. The Kier molecular flexibility index (Phi) is 3.53. The molecule has 1 aromatic rings. The molecule has 84 valence electrons. The number of nitriles is 1. The van der Waals surface area contributed by atoms with E-state index in [4.69, 9.17) is 5.26 Å². The summed E-state index contributed by atoms with van der Waals surface area (Å²) in [6.45, 7) is 5.60. The second kappa shape index (κ2) is 5.09. The van der Waals surface area contributed by atoms with Crippen LogP contribution in [0.1, 0.15) is 31.0 Å². The Balaban J connectivity index is 2.00. The van der Waals surface area contributed by atoms with Crippen molar-refractivity contribution in [3.05, 3.63) is 29.6 Å². The fourth-order valence-electron chi connectivity index (χ4n) is 2.32. The van der Waals surface area contributed by atoms with Crippen molar-refractivity contribution in [2.75, 3.05) is 13.1 Å². The van der Waals surface area contributed by atoms with Crippen LogP contribution in [0.15, 0.2) is 18.3 Å². The molecule has 0 bridgehead atoms. The van der Waals surface area contributed by atoms with Crippen molar-refractivity contribution in [1.29, 1.82) is 5.26 Å². The largest absolute Gasteiger partial charge is 0.299 e. The van der Waals surface area contributed by atoms with E-state index in [1.807, 2.05) is 12.1 Å². The first-order valence-corrected chi connectivity index (χ1v) is 5.85. The summed E-state index contributed by atoms with van der Waals surface area (Å²) in [4.78, 5) is 6.45. The normalized spacial score (nSPS) is 21.6. The third-order valence-corrected chi connectivity index (χ3v) is 3.09. The predicted octanol–water partition coefficient (Wildman–Crippen LogP) is 2.19. The van der Waals surface area contributed by atoms with Crippen LogP contribution < -0.4 is 0 Å². The maximum absolute atomic E-state index is 8.78. The molecule has 1 aliphatic heterocycles. The SMILES string of the molecule is CC1CCCN(Cc2ccnc(C#N)c2)C1. The van der Waals surface area contributed by atoms with Gasteiger partial charge in [-0.25, -0.2) is 4.98 Å². The first-order chi connectivity index (χ1) is 7.78. The van der Waals surface area contributed by atoms with E-state index in [0.29, 0.717) is 5.69 Å². The first kappa shape index (κ1) is 11.1. The lowest BCUT2D eigenvalue weighted by Crippen LogP contribution is -2.33. The number of hydrogen-bond acceptors (Lipinski definition) is 3. The highest BCUT2D eigenvalue weighted by Crippen LogP contribution is 2.17. The van der Waals surface area contributed by atoms with Gasteiger partial charge in [0.2, 0.25) is 0 Å². The molecule has 0 N–H and O–H groups in total. The maximum Gasteiger partial charge on any atom is 0.140 e. The lowest BCUT2D eigenvalue weighted by Gasteiger charge is -2.30. The summed E-state index contributed by atoms with van der Waals surface area (Å²) in [6, 6.07) is 5.97. The van der Waals surface area contributed by atoms with Crippen LogP contribution in [-0.2, 0) is 6.54 Å². The average Bonchev–Trinajstić information content (AvgIpc) is 2.29. The summed E-state index contributed by atoms with van der Waals surface area (Å²) in [5.74, 6) is 0.797. The number of aromatic nitrogens is 1. The van der Waals surface area contributed by atoms with Gasteiger partial charge in [-0.3, -0.25) is 4.90 Å². The Bertz CT molecular complexity index is 394. The second-order valence-corrected chi connectivity index (χ2v) is 4.64. The van der Waals surface area contributed by atoms with Crippen molar-refractivity contribution < 1.29 is 0 Å². The van der Waals surface area contributed by atoms with Gasteiger partial charge < -0.3 is 0 Å². The molecule has 0 aliphatic carbocycles. The third-order valence-electron chi connectivity index (χ3n) is 3.09. The van der Waals surface area contributed by atoms with Gasteiger partial charge in [-0.1, -0.05) is 6.92 Å². The summed E-state index contributed by atoms with van der Waals surface area (Å²) in [7, 11) is 0. The molecule has 1 atom stereocenters. The van der Waals surface area contributed by atoms with E-state index in [9.17, 15) is 0 Å². The van der Waals surface area contributed by atoms with Crippen molar-refractivity contribution in [1.82, 2.24) is 9.88 Å². The Labute approximate surface area is 96.7 Å². The van der Waals surface area contributed by atoms with Gasteiger partial charge in [-0.05, 0) is 43.0 Å². The van der Waals surface area contributed by atoms with Gasteiger partial charge in [0, 0.05) is 19.3 Å². The van der Waals surface area contributed by atoms with Crippen molar-refractivity contribution in [3.8, 4) is 6.07 Å². The van der Waals surface area contributed by atoms with Crippen LogP contribution in [-0.4, -0.2) is 23.0 Å². The molecule has 3 nitrogen and oxygen atoms in total. The zero-order chi connectivity index (χ0) is 11.4. The quantitative estimate of drug-likeness (QED) is 0.759. The minimum atomic E-state index is 0.516. The zero-order valence-electron chi connectivity index (χ0n) is 9.69. The zero-order valence-corrected chi connectivity index (χ0v) is 9.69. The number of likely N-dealkylation sites (tertiary alicyclic amines) is 1. The van der Waals surface area contributed by atoms with Gasteiger partial charge in [0.1, 0.15) is 11.8 Å². The molecule has 1 aliphatic rings. The molecule has 0 radical (unpaired) electrons. The Morgan fingerprint density at radius 2 is 2.50 bits per heavy atom. The molecule has 0 saturated carbocycles. The highest BCUT2D eigenvalue weighted by molar-refractivity contribution is 5.25. The van der Waals surface area contributed by atoms with Crippen molar-refractivity contribution in [3.63, 3.8) is 0 Å². The van der Waals surface area contributed by atoms with Gasteiger partial charge in [-0.15, -0.1) is 0 Å². The number of piperidine rings is 1. The molecule has 2 rings (SSSR count). The molecule has 0 aromatic carbocycles. The highest BCUT2D eigenvalue weighted by Gasteiger charge is 2.16. The Morgan fingerprint density at radius 1 is 1.62 bits per heavy atom. The topological polar surface area (TPSA) is 39.9 Å². The molecule has 1 fully saturated rings. The second-order valence-electron chi connectivity index (χ2n) is 4.64. The number of rotatable bonds is 2. The molecule has 0 spiro atoms. The van der Waals surface area contributed by atoms with Gasteiger partial charge in [0.15, 0.2) is 0 Å². The van der Waals surface area contributed by atoms with Crippen molar-refractivity contribution >= 4 is 0 Å². The van der Waals surface area contributed by atoms with Crippen LogP contribution in [0.3, 0.4) is 0 Å². The van der Waals surface area contributed by atoms with Gasteiger partial charge >= 0.3 is 0 Å². The van der Waals surface area contributed by atoms with E-state index in [-0.39, 0.29) is 0 Å². The van der Waals surface area contributed by atoms with Gasteiger partial charge in [0.05, 0.1) is 0 Å². The molecule has 1 unspecified atom stereocenters. The molecule has 1 saturated heterocycles. The summed E-state index contributed by atoms with van der Waals surface area (Å²) in [6.07, 6.45) is 4.36. The van der Waals surface area contributed by atoms with E-state index in [1.54, 1.807) is 6.20 Å². The predicted molar refractivity (Wildman–Crippen MR) is 62.6 cm³/mol. The highest BCUT2D eigenvalue weighted by atomic mass is 15.1. The van der Waals surface area contributed by atoms with Crippen molar-refractivity contribution in [2.24, 2.45) is 5.92 Å². The van der Waals surface area contributed by atoms with E-state index >= 15 is 0 Å². The van der Waals surface area contributed by atoms with Crippen LogP contribution in [0.4, 0.5) is 0 Å². The summed E-state index contributed by atoms with van der Waals surface area (Å²) < 4.78 is 0. The standard InChI is InChI=1S/C13H17N3/c1-11-3-2-6-16(9-11)10-12-4-5-15-13(7-12)8-14/h4-5,7,11H,2-3,6,9-10H2,1H3. The van der Waals surface area contributed by atoms with Crippen LogP contribution in [0.25, 0.3) is 0 Å². The van der Waals surface area contributed by atoms with E-state index in [0.717, 1.165) is 12.5 Å². The van der Waals surface area contributed by atoms with E-state index in [2.05, 4.69) is 22.9 Å². The summed E-state index contributed by atoms with van der Waals surface area (Å²) >= 11 is 0. The first-order valence-electron chi connectivity index (χ1n) is 5.85. The minimum absolute atomic E-state index is 0.516. The fourth-order valence-corrected chi connectivity index (χ4v) is 2.32. The van der Waals surface area contributed by atoms with Gasteiger partial charge in [0.25, 0.3) is 0 Å². The smallest absolute Gasteiger partial charge is 0.140 e. The van der Waals surface area contributed by atoms with E-state index in [1.165, 1.54) is 31.5 Å². The van der Waals surface area contributed by atoms with Crippen molar-refractivity contribution in [2.45, 2.75) is 26.3 Å². The lowest BCUT2D eigenvalue weighted by atomic mass is 10.00. The minimum Gasteiger partial charge on any atom is -0.299 e. The summed E-state index contributed by atoms with van der Waals surface area (Å²) in [5.41, 5.74) is 1.71. The lowest BCUT2D eigenvalue weighted by molar-refractivity contribution is 0.176. The molecular weight excluding hydrogens is 198 g/mol. The maximum atomic E-state index is 8.78. The Morgan fingerprint density at radius 3 is 3.25 bits per heavy atom. The molecule has 16 heavy (non-hydrogen) atoms. The van der Waals surface area contributed by atoms with E-state index < -0.39 is 0 Å². The van der Waals surface area contributed by atoms with Gasteiger partial charge in [-0.2, -0.15) is 5.26 Å². The van der Waals surface area contributed by atoms with Crippen LogP contribution >= 0.6 is 0 Å². The molecule has 2 heterocycles. The fraction of sp³-hybridized carbons (Fsp3) is 0.538. The van der Waals surface area contributed by atoms with Crippen LogP contribution in [0.5, 0.6) is 0 Å².